The summed E-state index contributed by atoms with van der Waals surface area (Å²) in [6, 6.07) is 10.5. The van der Waals surface area contributed by atoms with Gasteiger partial charge in [0.05, 0.1) is 5.52 Å². The highest BCUT2D eigenvalue weighted by Crippen LogP contribution is 2.33. The molecule has 0 N–H and O–H groups in total. The van der Waals surface area contributed by atoms with Crippen molar-refractivity contribution in [2.24, 2.45) is 0 Å². The second kappa shape index (κ2) is 8.00. The van der Waals surface area contributed by atoms with Crippen molar-refractivity contribution >= 4 is 34.3 Å². The first-order valence-electron chi connectivity index (χ1n) is 8.47. The fourth-order valence-electron chi connectivity index (χ4n) is 2.89. The molecule has 0 amide bonds. The highest BCUT2D eigenvalue weighted by Gasteiger charge is 2.31. The van der Waals surface area contributed by atoms with Crippen LogP contribution in [0.5, 0.6) is 0 Å². The van der Waals surface area contributed by atoms with Gasteiger partial charge in [0.2, 0.25) is 0 Å². The minimum Gasteiger partial charge on any atom is -0.293 e. The molecule has 0 aliphatic carbocycles. The van der Waals surface area contributed by atoms with Crippen LogP contribution >= 0.6 is 23.4 Å². The van der Waals surface area contributed by atoms with Crippen LogP contribution in [0.4, 0.5) is 13.2 Å². The van der Waals surface area contributed by atoms with E-state index >= 15 is 0 Å². The number of hydrogen-bond donors (Lipinski definition) is 0. The Morgan fingerprint density at radius 1 is 1.00 bits per heavy atom. The van der Waals surface area contributed by atoms with Crippen LogP contribution in [0.1, 0.15) is 5.56 Å². The van der Waals surface area contributed by atoms with Gasteiger partial charge in [-0.2, -0.15) is 13.2 Å². The zero-order valence-electron chi connectivity index (χ0n) is 14.8. The standard InChI is InChI=1S/C19H13ClF3N5S/c20-15-4-3-12-2-1-7-25-16(12)14(15)10-29-18-27-26-17(13-5-8-24-9-6-13)28(18)11-19(21,22)23/h1-9H,10-11H2. The molecule has 3 aromatic heterocycles. The second-order valence-corrected chi connectivity index (χ2v) is 7.48. The summed E-state index contributed by atoms with van der Waals surface area (Å²) in [5, 5.41) is 9.53. The Morgan fingerprint density at radius 3 is 2.55 bits per heavy atom. The van der Waals surface area contributed by atoms with E-state index in [9.17, 15) is 13.2 Å². The number of rotatable bonds is 5. The molecule has 1 aromatic carbocycles. The van der Waals surface area contributed by atoms with E-state index in [1.807, 2.05) is 18.2 Å². The maximum absolute atomic E-state index is 13.2. The molecule has 0 bridgehead atoms. The summed E-state index contributed by atoms with van der Waals surface area (Å²) in [6.45, 7) is -1.19. The number of aromatic nitrogens is 5. The van der Waals surface area contributed by atoms with Crippen molar-refractivity contribution in [2.45, 2.75) is 23.6 Å². The molecule has 0 fully saturated rings. The molecule has 0 saturated heterocycles. The fraction of sp³-hybridized carbons (Fsp3) is 0.158. The summed E-state index contributed by atoms with van der Waals surface area (Å²) in [6.07, 6.45) is 0.227. The molecule has 4 aromatic rings. The molecular weight excluding hydrogens is 423 g/mol. The van der Waals surface area contributed by atoms with E-state index in [2.05, 4.69) is 20.2 Å². The van der Waals surface area contributed by atoms with Gasteiger partial charge in [0.15, 0.2) is 11.0 Å². The predicted octanol–water partition coefficient (Wildman–Crippen LogP) is 5.40. The van der Waals surface area contributed by atoms with Gasteiger partial charge in [-0.3, -0.25) is 14.5 Å². The zero-order valence-corrected chi connectivity index (χ0v) is 16.3. The van der Waals surface area contributed by atoms with Crippen LogP contribution in [-0.4, -0.2) is 30.9 Å². The summed E-state index contributed by atoms with van der Waals surface area (Å²) in [5.74, 6) is 0.439. The van der Waals surface area contributed by atoms with Crippen LogP contribution in [0.2, 0.25) is 5.02 Å². The summed E-state index contributed by atoms with van der Waals surface area (Å²) in [7, 11) is 0. The predicted molar refractivity (Wildman–Crippen MR) is 106 cm³/mol. The number of nitrogens with zero attached hydrogens (tertiary/aromatic N) is 5. The number of halogens is 4. The number of fused-ring (bicyclic) bond motifs is 1. The Kier molecular flexibility index (Phi) is 5.42. The van der Waals surface area contributed by atoms with Crippen LogP contribution < -0.4 is 0 Å². The van der Waals surface area contributed by atoms with Gasteiger partial charge in [0.1, 0.15) is 6.54 Å². The summed E-state index contributed by atoms with van der Waals surface area (Å²) < 4.78 is 40.7. The molecule has 0 aliphatic rings. The summed E-state index contributed by atoms with van der Waals surface area (Å²) >= 11 is 7.47. The van der Waals surface area contributed by atoms with E-state index in [4.69, 9.17) is 11.6 Å². The molecule has 0 atom stereocenters. The van der Waals surface area contributed by atoms with Gasteiger partial charge < -0.3 is 0 Å². The van der Waals surface area contributed by atoms with Crippen LogP contribution in [0.25, 0.3) is 22.3 Å². The molecule has 0 unspecified atom stereocenters. The van der Waals surface area contributed by atoms with Crippen molar-refractivity contribution in [1.29, 1.82) is 0 Å². The third-order valence-corrected chi connectivity index (χ3v) is 5.51. The zero-order chi connectivity index (χ0) is 20.4. The minimum atomic E-state index is -4.42. The van der Waals surface area contributed by atoms with Gasteiger partial charge in [0, 0.05) is 45.9 Å². The number of benzene rings is 1. The van der Waals surface area contributed by atoms with Crippen LogP contribution in [0.3, 0.4) is 0 Å². The van der Waals surface area contributed by atoms with Crippen molar-refractivity contribution in [3.05, 3.63) is 65.6 Å². The maximum Gasteiger partial charge on any atom is 0.406 e. The van der Waals surface area contributed by atoms with Crippen molar-refractivity contribution < 1.29 is 13.2 Å². The summed E-state index contributed by atoms with van der Waals surface area (Å²) in [5.41, 5.74) is 1.96. The van der Waals surface area contributed by atoms with Gasteiger partial charge >= 0.3 is 6.18 Å². The molecule has 5 nitrogen and oxygen atoms in total. The first kappa shape index (κ1) is 19.7. The fourth-order valence-corrected chi connectivity index (χ4v) is 4.16. The van der Waals surface area contributed by atoms with Crippen molar-refractivity contribution in [1.82, 2.24) is 24.7 Å². The molecule has 0 spiro atoms. The lowest BCUT2D eigenvalue weighted by molar-refractivity contribution is -0.141. The lowest BCUT2D eigenvalue weighted by Crippen LogP contribution is -2.19. The quantitative estimate of drug-likeness (QED) is 0.393. The maximum atomic E-state index is 13.2. The largest absolute Gasteiger partial charge is 0.406 e. The van der Waals surface area contributed by atoms with Crippen LogP contribution in [0.15, 0.2) is 60.1 Å². The summed E-state index contributed by atoms with van der Waals surface area (Å²) in [4.78, 5) is 8.25. The van der Waals surface area contributed by atoms with Crippen molar-refractivity contribution in [3.63, 3.8) is 0 Å². The molecule has 0 saturated carbocycles. The van der Waals surface area contributed by atoms with Gasteiger partial charge in [-0.15, -0.1) is 10.2 Å². The van der Waals surface area contributed by atoms with E-state index in [0.29, 0.717) is 21.9 Å². The molecule has 29 heavy (non-hydrogen) atoms. The minimum absolute atomic E-state index is 0.134. The monoisotopic (exact) mass is 435 g/mol. The molecule has 148 valence electrons. The third-order valence-electron chi connectivity index (χ3n) is 4.16. The Bertz CT molecular complexity index is 1150. The SMILES string of the molecule is FC(F)(F)Cn1c(SCc2c(Cl)ccc3cccnc23)nnc1-c1ccncc1. The number of hydrogen-bond acceptors (Lipinski definition) is 5. The highest BCUT2D eigenvalue weighted by molar-refractivity contribution is 7.98. The van der Waals surface area contributed by atoms with Crippen molar-refractivity contribution in [2.75, 3.05) is 0 Å². The number of alkyl halides is 3. The van der Waals surface area contributed by atoms with Gasteiger partial charge in [-0.1, -0.05) is 35.5 Å². The van der Waals surface area contributed by atoms with Gasteiger partial charge in [0.25, 0.3) is 0 Å². The lowest BCUT2D eigenvalue weighted by atomic mass is 10.1. The Labute approximate surface area is 173 Å². The molecule has 0 aliphatic heterocycles. The Hall–Kier alpha value is -2.65. The first-order chi connectivity index (χ1) is 13.9. The van der Waals surface area contributed by atoms with Gasteiger partial charge in [-0.25, -0.2) is 0 Å². The van der Waals surface area contributed by atoms with E-state index < -0.39 is 12.7 Å². The number of thioether (sulfide) groups is 1. The van der Waals surface area contributed by atoms with E-state index in [-0.39, 0.29) is 11.0 Å². The number of pyridine rings is 2. The normalized spacial score (nSPS) is 11.9. The smallest absolute Gasteiger partial charge is 0.293 e. The van der Waals surface area contributed by atoms with E-state index in [1.54, 1.807) is 24.4 Å². The van der Waals surface area contributed by atoms with E-state index in [1.165, 1.54) is 12.4 Å². The average molecular weight is 436 g/mol. The van der Waals surface area contributed by atoms with E-state index in [0.717, 1.165) is 27.3 Å². The van der Waals surface area contributed by atoms with Crippen LogP contribution in [0, 0.1) is 0 Å². The molecule has 4 rings (SSSR count). The third kappa shape index (κ3) is 4.35. The Balaban J connectivity index is 1.69. The Morgan fingerprint density at radius 2 is 1.79 bits per heavy atom. The molecule has 0 radical (unpaired) electrons. The first-order valence-corrected chi connectivity index (χ1v) is 9.84. The second-order valence-electron chi connectivity index (χ2n) is 6.13. The molecule has 3 heterocycles. The average Bonchev–Trinajstić information content (AvgIpc) is 3.08. The van der Waals surface area contributed by atoms with Gasteiger partial charge in [-0.05, 0) is 24.3 Å². The van der Waals surface area contributed by atoms with Crippen molar-refractivity contribution in [3.8, 4) is 11.4 Å². The topological polar surface area (TPSA) is 56.5 Å². The van der Waals surface area contributed by atoms with Crippen LogP contribution in [-0.2, 0) is 12.3 Å². The highest BCUT2D eigenvalue weighted by atomic mass is 35.5. The lowest BCUT2D eigenvalue weighted by Gasteiger charge is -2.13. The molecule has 10 heteroatoms. The molecular formula is C19H13ClF3N5S.